The van der Waals surface area contributed by atoms with E-state index in [1.54, 1.807) is 0 Å². The van der Waals surface area contributed by atoms with Crippen molar-refractivity contribution in [3.05, 3.63) is 52.8 Å². The highest BCUT2D eigenvalue weighted by atomic mass is 16.1. The number of benzene rings is 2. The number of hydrogen-bond acceptors (Lipinski definition) is 5. The second-order valence-corrected chi connectivity index (χ2v) is 7.32. The number of pyridine rings is 1. The molecular formula is C21H22N6O. The molecule has 3 heterocycles. The molecule has 0 unspecified atom stereocenters. The Kier molecular flexibility index (Phi) is 3.84. The summed E-state index contributed by atoms with van der Waals surface area (Å²) in [6.45, 7) is 5.11. The fraction of sp³-hybridized carbons (Fsp3) is 0.238. The Hall–Kier alpha value is -3.32. The molecule has 142 valence electrons. The van der Waals surface area contributed by atoms with Crippen molar-refractivity contribution in [2.24, 2.45) is 0 Å². The van der Waals surface area contributed by atoms with Crippen LogP contribution in [0.1, 0.15) is 6.92 Å². The largest absolute Gasteiger partial charge is 0.397 e. The summed E-state index contributed by atoms with van der Waals surface area (Å²) in [5.41, 5.74) is 10.5. The van der Waals surface area contributed by atoms with E-state index in [9.17, 15) is 4.79 Å². The number of nitrogens with one attached hydrogen (secondary N) is 3. The molecule has 0 bridgehead atoms. The Labute approximate surface area is 161 Å². The molecule has 1 aliphatic rings. The predicted molar refractivity (Wildman–Crippen MR) is 114 cm³/mol. The average Bonchev–Trinajstić information content (AvgIpc) is 3.11. The molecule has 1 aliphatic heterocycles. The minimum atomic E-state index is -0.244. The number of H-pyrrole nitrogens is 2. The second-order valence-electron chi connectivity index (χ2n) is 7.32. The molecule has 0 spiro atoms. The van der Waals surface area contributed by atoms with Crippen LogP contribution in [0.5, 0.6) is 0 Å². The van der Waals surface area contributed by atoms with Gasteiger partial charge in [0, 0.05) is 36.7 Å². The van der Waals surface area contributed by atoms with Crippen LogP contribution in [0.15, 0.2) is 47.3 Å². The fourth-order valence-electron chi connectivity index (χ4n) is 4.02. The number of rotatable bonds is 2. The second kappa shape index (κ2) is 6.38. The maximum Gasteiger partial charge on any atom is 0.261 e. The zero-order valence-electron chi connectivity index (χ0n) is 15.6. The molecule has 2 aromatic heterocycles. The highest BCUT2D eigenvalue weighted by Crippen LogP contribution is 2.29. The molecule has 5 N–H and O–H groups in total. The van der Waals surface area contributed by atoms with Crippen molar-refractivity contribution in [3.8, 4) is 11.4 Å². The molecule has 1 fully saturated rings. The number of aromatic nitrogens is 3. The Morgan fingerprint density at radius 2 is 2.00 bits per heavy atom. The Morgan fingerprint density at radius 3 is 2.86 bits per heavy atom. The van der Waals surface area contributed by atoms with E-state index in [1.165, 1.54) is 0 Å². The van der Waals surface area contributed by atoms with Gasteiger partial charge in [0.1, 0.15) is 11.4 Å². The molecule has 1 saturated heterocycles. The Bertz CT molecular complexity index is 1240. The van der Waals surface area contributed by atoms with Gasteiger partial charge in [0.25, 0.3) is 5.56 Å². The molecule has 2 aromatic carbocycles. The lowest BCUT2D eigenvalue weighted by Gasteiger charge is -2.35. The maximum absolute atomic E-state index is 12.7. The highest BCUT2D eigenvalue weighted by molar-refractivity contribution is 5.97. The number of hydrogen-bond donors (Lipinski definition) is 4. The highest BCUT2D eigenvalue weighted by Gasteiger charge is 2.20. The lowest BCUT2D eigenvalue weighted by molar-refractivity contribution is 0.501. The third kappa shape index (κ3) is 2.63. The molecular weight excluding hydrogens is 352 g/mol. The van der Waals surface area contributed by atoms with Gasteiger partial charge in [0.15, 0.2) is 0 Å². The summed E-state index contributed by atoms with van der Waals surface area (Å²) in [4.78, 5) is 25.9. The molecule has 7 nitrogen and oxygen atoms in total. The number of imidazole rings is 1. The van der Waals surface area contributed by atoms with Crippen molar-refractivity contribution in [2.75, 3.05) is 30.3 Å². The molecule has 0 saturated carbocycles. The summed E-state index contributed by atoms with van der Waals surface area (Å²) < 4.78 is 0. The lowest BCUT2D eigenvalue weighted by atomic mass is 10.1. The van der Waals surface area contributed by atoms with Crippen LogP contribution in [-0.4, -0.2) is 40.6 Å². The summed E-state index contributed by atoms with van der Waals surface area (Å²) in [5, 5.41) is 4.22. The van der Waals surface area contributed by atoms with Crippen LogP contribution in [0.2, 0.25) is 0 Å². The molecule has 0 radical (unpaired) electrons. The van der Waals surface area contributed by atoms with E-state index >= 15 is 0 Å². The van der Waals surface area contributed by atoms with E-state index in [2.05, 4.69) is 44.2 Å². The van der Waals surface area contributed by atoms with Crippen LogP contribution in [0.3, 0.4) is 0 Å². The Balaban J connectivity index is 1.63. The summed E-state index contributed by atoms with van der Waals surface area (Å²) in [7, 11) is 0. The number of nitrogens with two attached hydrogens (primary N) is 1. The first-order valence-corrected chi connectivity index (χ1v) is 9.50. The molecule has 5 rings (SSSR count). The van der Waals surface area contributed by atoms with E-state index in [0.717, 1.165) is 47.3 Å². The van der Waals surface area contributed by atoms with Crippen LogP contribution in [0.4, 0.5) is 11.4 Å². The van der Waals surface area contributed by atoms with Gasteiger partial charge in [0.2, 0.25) is 0 Å². The first-order chi connectivity index (χ1) is 13.6. The van der Waals surface area contributed by atoms with E-state index in [0.29, 0.717) is 23.1 Å². The molecule has 7 heteroatoms. The van der Waals surface area contributed by atoms with Gasteiger partial charge in [-0.05, 0) is 31.2 Å². The van der Waals surface area contributed by atoms with Crippen molar-refractivity contribution >= 4 is 33.3 Å². The molecule has 4 aromatic rings. The number of para-hydroxylation sites is 1. The maximum atomic E-state index is 12.7. The van der Waals surface area contributed by atoms with E-state index in [4.69, 9.17) is 5.73 Å². The predicted octanol–water partition coefficient (Wildman–Crippen LogP) is 2.45. The van der Waals surface area contributed by atoms with Crippen LogP contribution >= 0.6 is 0 Å². The van der Waals surface area contributed by atoms with Gasteiger partial charge in [0.05, 0.1) is 22.2 Å². The van der Waals surface area contributed by atoms with Crippen molar-refractivity contribution in [3.63, 3.8) is 0 Å². The SMILES string of the molecule is C[C@H]1CNCCN1c1ccc2nc(-c3c(N)c4ccccc4[nH]c3=O)[nH]c2c1. The normalized spacial score (nSPS) is 17.5. The van der Waals surface area contributed by atoms with Gasteiger partial charge >= 0.3 is 0 Å². The van der Waals surface area contributed by atoms with Gasteiger partial charge < -0.3 is 25.9 Å². The summed E-state index contributed by atoms with van der Waals surface area (Å²) in [5.74, 6) is 0.491. The standard InChI is InChI=1S/C21H22N6O/c1-12-11-23-8-9-27(12)13-6-7-16-17(10-13)25-20(24-16)18-19(22)14-4-2-3-5-15(14)26-21(18)28/h2-7,10,12,23H,8-9,11H2,1H3,(H,24,25)(H3,22,26,28)/t12-/m0/s1. The smallest absolute Gasteiger partial charge is 0.261 e. The minimum absolute atomic E-state index is 0.244. The lowest BCUT2D eigenvalue weighted by Crippen LogP contribution is -2.49. The van der Waals surface area contributed by atoms with Crippen LogP contribution in [0.25, 0.3) is 33.3 Å². The number of fused-ring (bicyclic) bond motifs is 2. The number of nitrogens with zero attached hydrogens (tertiary/aromatic N) is 2. The number of anilines is 2. The molecule has 1 atom stereocenters. The van der Waals surface area contributed by atoms with Gasteiger partial charge in [-0.15, -0.1) is 0 Å². The van der Waals surface area contributed by atoms with E-state index in [1.807, 2.05) is 30.3 Å². The molecule has 0 aliphatic carbocycles. The van der Waals surface area contributed by atoms with Crippen molar-refractivity contribution in [1.29, 1.82) is 0 Å². The van der Waals surface area contributed by atoms with Crippen molar-refractivity contribution in [1.82, 2.24) is 20.3 Å². The third-order valence-electron chi connectivity index (χ3n) is 5.50. The van der Waals surface area contributed by atoms with Gasteiger partial charge in [-0.1, -0.05) is 18.2 Å². The number of aromatic amines is 2. The van der Waals surface area contributed by atoms with Crippen molar-refractivity contribution in [2.45, 2.75) is 13.0 Å². The van der Waals surface area contributed by atoms with Crippen LogP contribution in [0, 0.1) is 0 Å². The van der Waals surface area contributed by atoms with Gasteiger partial charge in [-0.3, -0.25) is 4.79 Å². The van der Waals surface area contributed by atoms with Crippen molar-refractivity contribution < 1.29 is 0 Å². The summed E-state index contributed by atoms with van der Waals surface area (Å²) >= 11 is 0. The average molecular weight is 374 g/mol. The topological polar surface area (TPSA) is 103 Å². The van der Waals surface area contributed by atoms with Gasteiger partial charge in [-0.2, -0.15) is 0 Å². The summed E-state index contributed by atoms with van der Waals surface area (Å²) in [6.07, 6.45) is 0. The quantitative estimate of drug-likeness (QED) is 0.432. The third-order valence-corrected chi connectivity index (χ3v) is 5.50. The molecule has 28 heavy (non-hydrogen) atoms. The van der Waals surface area contributed by atoms with E-state index in [-0.39, 0.29) is 5.56 Å². The summed E-state index contributed by atoms with van der Waals surface area (Å²) in [6, 6.07) is 14.1. The fourth-order valence-corrected chi connectivity index (χ4v) is 4.02. The van der Waals surface area contributed by atoms with Gasteiger partial charge in [-0.25, -0.2) is 4.98 Å². The van der Waals surface area contributed by atoms with Crippen LogP contribution < -0.4 is 21.5 Å². The van der Waals surface area contributed by atoms with Crippen LogP contribution in [-0.2, 0) is 0 Å². The first kappa shape index (κ1) is 16.8. The number of nitrogen functional groups attached to an aromatic ring is 1. The minimum Gasteiger partial charge on any atom is -0.397 e. The zero-order valence-corrected chi connectivity index (χ0v) is 15.6. The van der Waals surface area contributed by atoms with E-state index < -0.39 is 0 Å². The monoisotopic (exact) mass is 374 g/mol. The zero-order chi connectivity index (χ0) is 19.3. The Morgan fingerprint density at radius 1 is 1.14 bits per heavy atom. The molecule has 0 amide bonds. The number of piperazine rings is 1. The first-order valence-electron chi connectivity index (χ1n) is 9.50.